The van der Waals surface area contributed by atoms with Gasteiger partial charge in [0.25, 0.3) is 0 Å². The Bertz CT molecular complexity index is 258. The second-order valence-corrected chi connectivity index (χ2v) is 3.77. The molecule has 78 valence electrons. The van der Waals surface area contributed by atoms with Crippen molar-refractivity contribution in [2.75, 3.05) is 6.54 Å². The predicted molar refractivity (Wildman–Crippen MR) is 63.0 cm³/mol. The van der Waals surface area contributed by atoms with E-state index in [-0.39, 0.29) is 0 Å². The third kappa shape index (κ3) is 2.85. The first-order valence-electron chi connectivity index (χ1n) is 5.60. The molecule has 0 bridgehead atoms. The van der Waals surface area contributed by atoms with Gasteiger partial charge >= 0.3 is 0 Å². The van der Waals surface area contributed by atoms with Gasteiger partial charge in [-0.2, -0.15) is 0 Å². The van der Waals surface area contributed by atoms with Crippen LogP contribution in [-0.4, -0.2) is 6.54 Å². The van der Waals surface area contributed by atoms with E-state index >= 15 is 0 Å². The van der Waals surface area contributed by atoms with Crippen LogP contribution in [0.1, 0.15) is 33.1 Å². The lowest BCUT2D eigenvalue weighted by Gasteiger charge is -2.04. The molecule has 1 unspecified atom stereocenters. The van der Waals surface area contributed by atoms with Crippen LogP contribution in [0, 0.1) is 5.92 Å². The highest BCUT2D eigenvalue weighted by atomic mass is 14.5. The molecule has 0 heterocycles. The molecule has 1 rings (SSSR count). The van der Waals surface area contributed by atoms with Crippen molar-refractivity contribution in [3.8, 4) is 0 Å². The Hall–Kier alpha value is -0.820. The van der Waals surface area contributed by atoms with Gasteiger partial charge in [0, 0.05) is 12.5 Å². The molecule has 0 aromatic rings. The Balaban J connectivity index is 2.85. The maximum Gasteiger partial charge on any atom is 0.00759 e. The monoisotopic (exact) mass is 191 g/mol. The highest BCUT2D eigenvalue weighted by molar-refractivity contribution is 5.36. The van der Waals surface area contributed by atoms with E-state index in [2.05, 4.69) is 38.2 Å². The first-order chi connectivity index (χ1) is 6.81. The Labute approximate surface area is 87.4 Å². The normalized spacial score (nSPS) is 21.5. The van der Waals surface area contributed by atoms with Crippen LogP contribution in [0.15, 0.2) is 35.5 Å². The fourth-order valence-electron chi connectivity index (χ4n) is 1.77. The summed E-state index contributed by atoms with van der Waals surface area (Å²) in [5.41, 5.74) is 8.62. The van der Waals surface area contributed by atoms with Crippen LogP contribution in [-0.2, 0) is 0 Å². The molecule has 0 saturated heterocycles. The molecule has 0 fully saturated rings. The van der Waals surface area contributed by atoms with Gasteiger partial charge in [-0.05, 0) is 24.0 Å². The van der Waals surface area contributed by atoms with E-state index < -0.39 is 0 Å². The molecule has 1 aliphatic carbocycles. The summed E-state index contributed by atoms with van der Waals surface area (Å²) in [6, 6.07) is 0. The van der Waals surface area contributed by atoms with Gasteiger partial charge in [0.1, 0.15) is 0 Å². The molecule has 0 radical (unpaired) electrons. The largest absolute Gasteiger partial charge is 0.330 e. The van der Waals surface area contributed by atoms with Gasteiger partial charge in [-0.25, -0.2) is 0 Å². The van der Waals surface area contributed by atoms with E-state index in [1.807, 2.05) is 0 Å². The lowest BCUT2D eigenvalue weighted by atomic mass is 10.0. The van der Waals surface area contributed by atoms with Crippen molar-refractivity contribution in [2.24, 2.45) is 11.7 Å². The molecule has 0 saturated carbocycles. The molecule has 1 nitrogen and oxygen atoms in total. The third-order valence-corrected chi connectivity index (χ3v) is 2.67. The summed E-state index contributed by atoms with van der Waals surface area (Å²) in [7, 11) is 0. The molecule has 2 N–H and O–H groups in total. The summed E-state index contributed by atoms with van der Waals surface area (Å²) < 4.78 is 0. The fourth-order valence-corrected chi connectivity index (χ4v) is 1.77. The molecule has 1 atom stereocenters. The second-order valence-electron chi connectivity index (χ2n) is 3.77. The average molecular weight is 191 g/mol. The minimum Gasteiger partial charge on any atom is -0.330 e. The van der Waals surface area contributed by atoms with Gasteiger partial charge in [-0.3, -0.25) is 0 Å². The predicted octanol–water partition coefficient (Wildman–Crippen LogP) is 3.19. The minimum absolute atomic E-state index is 0.422. The van der Waals surface area contributed by atoms with Gasteiger partial charge in [0.15, 0.2) is 0 Å². The summed E-state index contributed by atoms with van der Waals surface area (Å²) in [6.45, 7) is 5.15. The van der Waals surface area contributed by atoms with Crippen LogP contribution >= 0.6 is 0 Å². The molecule has 0 aromatic heterocycles. The highest BCUT2D eigenvalue weighted by Gasteiger charge is 2.05. The average Bonchev–Trinajstić information content (AvgIpc) is 2.41. The number of hydrogen-bond donors (Lipinski definition) is 1. The molecule has 0 aliphatic heterocycles. The SMILES string of the molecule is CCCC1=C(CC)C=CC(CN)C=C1. The number of rotatable bonds is 4. The van der Waals surface area contributed by atoms with Gasteiger partial charge < -0.3 is 5.73 Å². The van der Waals surface area contributed by atoms with E-state index in [9.17, 15) is 0 Å². The molecule has 1 aliphatic rings. The lowest BCUT2D eigenvalue weighted by molar-refractivity contribution is 0.819. The van der Waals surface area contributed by atoms with Gasteiger partial charge in [0.2, 0.25) is 0 Å². The maximum absolute atomic E-state index is 5.66. The van der Waals surface area contributed by atoms with Gasteiger partial charge in [-0.15, -0.1) is 0 Å². The minimum atomic E-state index is 0.422. The van der Waals surface area contributed by atoms with Crippen LogP contribution in [0.3, 0.4) is 0 Å². The summed E-state index contributed by atoms with van der Waals surface area (Å²) in [6.07, 6.45) is 12.5. The molecule has 14 heavy (non-hydrogen) atoms. The van der Waals surface area contributed by atoms with Gasteiger partial charge in [0.05, 0.1) is 0 Å². The summed E-state index contributed by atoms with van der Waals surface area (Å²) in [4.78, 5) is 0. The summed E-state index contributed by atoms with van der Waals surface area (Å²) >= 11 is 0. The van der Waals surface area contributed by atoms with Crippen LogP contribution in [0.4, 0.5) is 0 Å². The number of allylic oxidation sites excluding steroid dienone is 4. The zero-order chi connectivity index (χ0) is 10.4. The van der Waals surface area contributed by atoms with Crippen LogP contribution in [0.2, 0.25) is 0 Å². The summed E-state index contributed by atoms with van der Waals surface area (Å²) in [5.74, 6) is 0.422. The topological polar surface area (TPSA) is 26.0 Å². The smallest absolute Gasteiger partial charge is 0.00759 e. The van der Waals surface area contributed by atoms with Crippen molar-refractivity contribution in [3.63, 3.8) is 0 Å². The van der Waals surface area contributed by atoms with Crippen molar-refractivity contribution in [2.45, 2.75) is 33.1 Å². The molecule has 0 spiro atoms. The van der Waals surface area contributed by atoms with E-state index in [0.717, 1.165) is 6.42 Å². The van der Waals surface area contributed by atoms with Crippen molar-refractivity contribution < 1.29 is 0 Å². The van der Waals surface area contributed by atoms with Gasteiger partial charge in [-0.1, -0.05) is 44.6 Å². The standard InChI is InChI=1S/C13H21N/c1-3-5-13-9-7-11(10-14)6-8-12(13)4-2/h6-9,11H,3-5,10,14H2,1-2H3. The fraction of sp³-hybridized carbons (Fsp3) is 0.538. The van der Waals surface area contributed by atoms with Crippen LogP contribution in [0.25, 0.3) is 0 Å². The van der Waals surface area contributed by atoms with E-state index in [0.29, 0.717) is 12.5 Å². The van der Waals surface area contributed by atoms with Crippen molar-refractivity contribution in [1.29, 1.82) is 0 Å². The molecule has 0 aromatic carbocycles. The molecule has 1 heteroatoms. The summed E-state index contributed by atoms with van der Waals surface area (Å²) in [5, 5.41) is 0. The van der Waals surface area contributed by atoms with Crippen LogP contribution in [0.5, 0.6) is 0 Å². The Morgan fingerprint density at radius 3 is 2.29 bits per heavy atom. The number of hydrogen-bond acceptors (Lipinski definition) is 1. The first-order valence-corrected chi connectivity index (χ1v) is 5.60. The second kappa shape index (κ2) is 5.82. The molecular weight excluding hydrogens is 170 g/mol. The van der Waals surface area contributed by atoms with Crippen molar-refractivity contribution in [1.82, 2.24) is 0 Å². The Morgan fingerprint density at radius 1 is 1.14 bits per heavy atom. The number of nitrogens with two attached hydrogens (primary N) is 1. The van der Waals surface area contributed by atoms with E-state index in [4.69, 9.17) is 5.73 Å². The quantitative estimate of drug-likeness (QED) is 0.725. The zero-order valence-corrected chi connectivity index (χ0v) is 9.29. The van der Waals surface area contributed by atoms with E-state index in [1.54, 1.807) is 0 Å². The zero-order valence-electron chi connectivity index (χ0n) is 9.29. The van der Waals surface area contributed by atoms with Crippen LogP contribution < -0.4 is 5.73 Å². The maximum atomic E-state index is 5.66. The highest BCUT2D eigenvalue weighted by Crippen LogP contribution is 2.21. The molecular formula is C13H21N. The van der Waals surface area contributed by atoms with Crippen molar-refractivity contribution in [3.05, 3.63) is 35.5 Å². The van der Waals surface area contributed by atoms with Crippen molar-refractivity contribution >= 4 is 0 Å². The third-order valence-electron chi connectivity index (χ3n) is 2.67. The first kappa shape index (κ1) is 11.3. The lowest BCUT2D eigenvalue weighted by Crippen LogP contribution is -2.08. The Kier molecular flexibility index (Phi) is 4.68. The van der Waals surface area contributed by atoms with E-state index in [1.165, 1.54) is 24.0 Å². The molecule has 0 amide bonds. The Morgan fingerprint density at radius 2 is 1.79 bits per heavy atom.